The molecule has 2 aromatic carbocycles. The first-order chi connectivity index (χ1) is 12.3. The monoisotopic (exact) mass is 366 g/mol. The van der Waals surface area contributed by atoms with Crippen molar-refractivity contribution in [3.63, 3.8) is 0 Å². The molecule has 0 aromatic heterocycles. The average Bonchev–Trinajstić information content (AvgIpc) is 2.65. The summed E-state index contributed by atoms with van der Waals surface area (Å²) < 4.78 is 66.8. The summed E-state index contributed by atoms with van der Waals surface area (Å²) in [4.78, 5) is 12.1. The number of rotatable bonds is 4. The van der Waals surface area contributed by atoms with Gasteiger partial charge >= 0.3 is 0 Å². The molecule has 0 spiro atoms. The zero-order valence-electron chi connectivity index (χ0n) is 13.3. The van der Waals surface area contributed by atoms with Crippen molar-refractivity contribution >= 4 is 12.0 Å². The number of hydrogen-bond donors (Lipinski definition) is 1. The average molecular weight is 366 g/mol. The summed E-state index contributed by atoms with van der Waals surface area (Å²) in [5.74, 6) is -11.9. The van der Waals surface area contributed by atoms with Crippen LogP contribution in [0.3, 0.4) is 0 Å². The summed E-state index contributed by atoms with van der Waals surface area (Å²) in [5.41, 5.74) is -1.48. The number of nitriles is 1. The van der Waals surface area contributed by atoms with Gasteiger partial charge in [0.05, 0.1) is 11.6 Å². The van der Waals surface area contributed by atoms with Gasteiger partial charge in [0.25, 0.3) is 5.91 Å². The minimum atomic E-state index is -2.32. The number of nitrogens with zero attached hydrogens (tertiary/aromatic N) is 1. The second-order valence-electron chi connectivity index (χ2n) is 5.26. The molecular formula is C18H11F5N2O. The molecule has 2 aromatic rings. The third kappa shape index (κ3) is 3.72. The fourth-order valence-corrected chi connectivity index (χ4v) is 2.14. The normalized spacial score (nSPS) is 12.4. The molecule has 0 aliphatic rings. The summed E-state index contributed by atoms with van der Waals surface area (Å²) in [6.45, 7) is 1.60. The first-order valence-electron chi connectivity index (χ1n) is 7.27. The van der Waals surface area contributed by atoms with Crippen LogP contribution in [0.4, 0.5) is 22.0 Å². The van der Waals surface area contributed by atoms with Crippen LogP contribution in [-0.4, -0.2) is 5.91 Å². The minimum Gasteiger partial charge on any atom is -0.345 e. The molecule has 0 saturated carbocycles. The van der Waals surface area contributed by atoms with Gasteiger partial charge in [0.1, 0.15) is 11.6 Å². The van der Waals surface area contributed by atoms with E-state index in [9.17, 15) is 26.7 Å². The van der Waals surface area contributed by atoms with E-state index >= 15 is 0 Å². The van der Waals surface area contributed by atoms with Crippen LogP contribution < -0.4 is 5.32 Å². The standard InChI is InChI=1S/C18H11F5N2O/c1-9(10-5-3-2-4-6-10)25-18(26)11(8-24)7-12-13(19)15(21)17(23)16(22)14(12)20/h2-7,9H,1H3,(H,25,26)/b11-7+/t9-/m0/s1. The maximum atomic E-state index is 13.7. The van der Waals surface area contributed by atoms with Crippen LogP contribution in [0, 0.1) is 40.4 Å². The summed E-state index contributed by atoms with van der Waals surface area (Å²) in [7, 11) is 0. The minimum absolute atomic E-state index is 0.323. The van der Waals surface area contributed by atoms with Crippen LogP contribution in [-0.2, 0) is 4.79 Å². The third-order valence-electron chi connectivity index (χ3n) is 3.54. The highest BCUT2D eigenvalue weighted by molar-refractivity contribution is 6.01. The Hall–Kier alpha value is -3.21. The molecule has 1 amide bonds. The Morgan fingerprint density at radius 2 is 1.50 bits per heavy atom. The van der Waals surface area contributed by atoms with Gasteiger partial charge < -0.3 is 5.32 Å². The van der Waals surface area contributed by atoms with Crippen molar-refractivity contribution in [2.45, 2.75) is 13.0 Å². The molecule has 0 unspecified atom stereocenters. The highest BCUT2D eigenvalue weighted by Crippen LogP contribution is 2.25. The van der Waals surface area contributed by atoms with Gasteiger partial charge in [0.15, 0.2) is 23.3 Å². The molecule has 26 heavy (non-hydrogen) atoms. The van der Waals surface area contributed by atoms with E-state index in [2.05, 4.69) is 5.32 Å². The number of hydrogen-bond acceptors (Lipinski definition) is 2. The van der Waals surface area contributed by atoms with Crippen LogP contribution in [0.15, 0.2) is 35.9 Å². The number of benzene rings is 2. The summed E-state index contributed by atoms with van der Waals surface area (Å²) in [6.07, 6.45) is 0.323. The predicted octanol–water partition coefficient (Wildman–Crippen LogP) is 4.17. The summed E-state index contributed by atoms with van der Waals surface area (Å²) >= 11 is 0. The number of carbonyl (C=O) groups excluding carboxylic acids is 1. The molecule has 3 nitrogen and oxygen atoms in total. The van der Waals surface area contributed by atoms with Crippen molar-refractivity contribution in [1.29, 1.82) is 5.26 Å². The molecule has 0 heterocycles. The number of nitrogens with one attached hydrogen (secondary N) is 1. The molecule has 1 N–H and O–H groups in total. The fourth-order valence-electron chi connectivity index (χ4n) is 2.14. The highest BCUT2D eigenvalue weighted by Gasteiger charge is 2.25. The van der Waals surface area contributed by atoms with Gasteiger partial charge in [-0.05, 0) is 18.6 Å². The van der Waals surface area contributed by atoms with Gasteiger partial charge in [0, 0.05) is 0 Å². The van der Waals surface area contributed by atoms with Gasteiger partial charge in [-0.3, -0.25) is 4.79 Å². The Morgan fingerprint density at radius 3 is 2.00 bits per heavy atom. The van der Waals surface area contributed by atoms with Crippen molar-refractivity contribution in [3.05, 3.63) is 76.1 Å². The van der Waals surface area contributed by atoms with Gasteiger partial charge in [-0.1, -0.05) is 30.3 Å². The van der Waals surface area contributed by atoms with E-state index < -0.39 is 52.2 Å². The third-order valence-corrected chi connectivity index (χ3v) is 3.54. The van der Waals surface area contributed by atoms with Crippen molar-refractivity contribution in [3.8, 4) is 6.07 Å². The molecule has 134 valence electrons. The Balaban J connectivity index is 2.37. The SMILES string of the molecule is C[C@H](NC(=O)/C(C#N)=C/c1c(F)c(F)c(F)c(F)c1F)c1ccccc1. The lowest BCUT2D eigenvalue weighted by Gasteiger charge is -2.14. The molecule has 0 fully saturated rings. The van der Waals surface area contributed by atoms with E-state index in [1.807, 2.05) is 0 Å². The molecule has 2 rings (SSSR count). The second-order valence-corrected chi connectivity index (χ2v) is 5.26. The second kappa shape index (κ2) is 7.78. The maximum absolute atomic E-state index is 13.7. The summed E-state index contributed by atoms with van der Waals surface area (Å²) in [5, 5.41) is 11.4. The van der Waals surface area contributed by atoms with Crippen LogP contribution in [0.5, 0.6) is 0 Å². The molecule has 1 atom stereocenters. The first-order valence-corrected chi connectivity index (χ1v) is 7.27. The fraction of sp³-hybridized carbons (Fsp3) is 0.111. The van der Waals surface area contributed by atoms with Crippen molar-refractivity contribution in [2.75, 3.05) is 0 Å². The quantitative estimate of drug-likeness (QED) is 0.290. The van der Waals surface area contributed by atoms with Crippen molar-refractivity contribution in [2.24, 2.45) is 0 Å². The Morgan fingerprint density at radius 1 is 1.00 bits per heavy atom. The first kappa shape index (κ1) is 19.1. The smallest absolute Gasteiger partial charge is 0.262 e. The van der Waals surface area contributed by atoms with Crippen LogP contribution in [0.1, 0.15) is 24.1 Å². The molecule has 0 bridgehead atoms. The van der Waals surface area contributed by atoms with E-state index in [-0.39, 0.29) is 0 Å². The topological polar surface area (TPSA) is 52.9 Å². The molecule has 0 aliphatic heterocycles. The zero-order valence-corrected chi connectivity index (χ0v) is 13.3. The van der Waals surface area contributed by atoms with Crippen LogP contribution in [0.2, 0.25) is 0 Å². The summed E-state index contributed by atoms with van der Waals surface area (Å²) in [6, 6.07) is 9.42. The van der Waals surface area contributed by atoms with Crippen LogP contribution >= 0.6 is 0 Å². The van der Waals surface area contributed by atoms with Gasteiger partial charge in [-0.25, -0.2) is 22.0 Å². The molecule has 0 aliphatic carbocycles. The van der Waals surface area contributed by atoms with E-state index in [0.29, 0.717) is 11.6 Å². The van der Waals surface area contributed by atoms with Gasteiger partial charge in [-0.2, -0.15) is 5.26 Å². The lowest BCUT2D eigenvalue weighted by molar-refractivity contribution is -0.117. The van der Waals surface area contributed by atoms with E-state index in [1.54, 1.807) is 37.3 Å². The lowest BCUT2D eigenvalue weighted by atomic mass is 10.1. The number of carbonyl (C=O) groups is 1. The van der Waals surface area contributed by atoms with Crippen LogP contribution in [0.25, 0.3) is 6.08 Å². The number of amides is 1. The van der Waals surface area contributed by atoms with E-state index in [4.69, 9.17) is 5.26 Å². The largest absolute Gasteiger partial charge is 0.345 e. The van der Waals surface area contributed by atoms with Gasteiger partial charge in [-0.15, -0.1) is 0 Å². The Bertz CT molecular complexity index is 890. The predicted molar refractivity (Wildman–Crippen MR) is 82.8 cm³/mol. The Kier molecular flexibility index (Phi) is 5.72. The Labute approximate surface area is 145 Å². The lowest BCUT2D eigenvalue weighted by Crippen LogP contribution is -2.27. The molecule has 0 radical (unpaired) electrons. The van der Waals surface area contributed by atoms with E-state index in [1.165, 1.54) is 6.07 Å². The van der Waals surface area contributed by atoms with Crippen molar-refractivity contribution < 1.29 is 26.7 Å². The molecular weight excluding hydrogens is 355 g/mol. The zero-order chi connectivity index (χ0) is 19.4. The maximum Gasteiger partial charge on any atom is 0.262 e. The number of halogens is 5. The molecule has 8 heteroatoms. The molecule has 0 saturated heterocycles. The highest BCUT2D eigenvalue weighted by atomic mass is 19.2. The van der Waals surface area contributed by atoms with E-state index in [0.717, 1.165) is 0 Å². The van der Waals surface area contributed by atoms with Crippen molar-refractivity contribution in [1.82, 2.24) is 5.32 Å². The van der Waals surface area contributed by atoms with Gasteiger partial charge in [0.2, 0.25) is 5.82 Å².